The number of rotatable bonds is 7. The third-order valence-corrected chi connectivity index (χ3v) is 3.34. The molecule has 1 aromatic carbocycles. The predicted molar refractivity (Wildman–Crippen MR) is 74.8 cm³/mol. The van der Waals surface area contributed by atoms with Gasteiger partial charge in [-0.3, -0.25) is 0 Å². The Labute approximate surface area is 105 Å². The van der Waals surface area contributed by atoms with Crippen LogP contribution < -0.4 is 10.1 Å². The van der Waals surface area contributed by atoms with Crippen LogP contribution in [-0.4, -0.2) is 13.2 Å². The quantitative estimate of drug-likeness (QED) is 0.760. The Balaban J connectivity index is 2.54. The molecule has 2 nitrogen and oxygen atoms in total. The van der Waals surface area contributed by atoms with Gasteiger partial charge in [-0.25, -0.2) is 0 Å². The number of benzene rings is 1. The average Bonchev–Trinajstić information content (AvgIpc) is 2.38. The lowest BCUT2D eigenvalue weighted by molar-refractivity contribution is 0.415. The fraction of sp³-hybridized carbons (Fsp3) is 0.600. The first-order valence-electron chi connectivity index (χ1n) is 6.60. The van der Waals surface area contributed by atoms with E-state index in [1.165, 1.54) is 18.5 Å². The largest absolute Gasteiger partial charge is 0.497 e. The monoisotopic (exact) mass is 235 g/mol. The fourth-order valence-corrected chi connectivity index (χ4v) is 1.90. The summed E-state index contributed by atoms with van der Waals surface area (Å²) < 4.78 is 5.15. The van der Waals surface area contributed by atoms with Crippen molar-refractivity contribution >= 4 is 5.69 Å². The molecule has 0 aliphatic carbocycles. The maximum Gasteiger partial charge on any atom is 0.119 e. The van der Waals surface area contributed by atoms with Crippen LogP contribution in [0.15, 0.2) is 24.3 Å². The zero-order valence-electron chi connectivity index (χ0n) is 11.5. The molecule has 0 bridgehead atoms. The normalized spacial score (nSPS) is 14.1. The fourth-order valence-electron chi connectivity index (χ4n) is 1.90. The molecule has 2 unspecified atom stereocenters. The third kappa shape index (κ3) is 4.68. The van der Waals surface area contributed by atoms with Crippen molar-refractivity contribution in [3.8, 4) is 5.75 Å². The zero-order valence-corrected chi connectivity index (χ0v) is 11.5. The van der Waals surface area contributed by atoms with E-state index in [1.54, 1.807) is 7.11 Å². The van der Waals surface area contributed by atoms with Gasteiger partial charge in [-0.2, -0.15) is 0 Å². The van der Waals surface area contributed by atoms with Gasteiger partial charge in [0.25, 0.3) is 0 Å². The van der Waals surface area contributed by atoms with Gasteiger partial charge >= 0.3 is 0 Å². The van der Waals surface area contributed by atoms with Crippen molar-refractivity contribution in [1.82, 2.24) is 0 Å². The smallest absolute Gasteiger partial charge is 0.119 e. The van der Waals surface area contributed by atoms with Crippen molar-refractivity contribution in [3.63, 3.8) is 0 Å². The highest BCUT2D eigenvalue weighted by atomic mass is 16.5. The molecule has 0 saturated carbocycles. The highest BCUT2D eigenvalue weighted by molar-refractivity contribution is 5.47. The van der Waals surface area contributed by atoms with Crippen LogP contribution in [0.5, 0.6) is 5.75 Å². The van der Waals surface area contributed by atoms with Gasteiger partial charge in [-0.1, -0.05) is 27.2 Å². The summed E-state index contributed by atoms with van der Waals surface area (Å²) in [5, 5.41) is 3.59. The number of nitrogens with one attached hydrogen (secondary N) is 1. The van der Waals surface area contributed by atoms with E-state index in [1.807, 2.05) is 12.1 Å². The first-order valence-corrected chi connectivity index (χ1v) is 6.60. The van der Waals surface area contributed by atoms with Crippen molar-refractivity contribution in [3.05, 3.63) is 24.3 Å². The van der Waals surface area contributed by atoms with Crippen LogP contribution in [-0.2, 0) is 0 Å². The minimum Gasteiger partial charge on any atom is -0.497 e. The molecule has 1 rings (SSSR count). The summed E-state index contributed by atoms with van der Waals surface area (Å²) in [5.41, 5.74) is 1.18. The Morgan fingerprint density at radius 3 is 2.24 bits per heavy atom. The molecule has 0 aromatic heterocycles. The number of hydrogen-bond donors (Lipinski definition) is 1. The van der Waals surface area contributed by atoms with Crippen LogP contribution in [0.25, 0.3) is 0 Å². The second-order valence-corrected chi connectivity index (χ2v) is 4.73. The topological polar surface area (TPSA) is 21.3 Å². The third-order valence-electron chi connectivity index (χ3n) is 3.34. The van der Waals surface area contributed by atoms with E-state index in [0.717, 1.165) is 18.1 Å². The van der Waals surface area contributed by atoms with E-state index in [-0.39, 0.29) is 0 Å². The molecule has 2 heteroatoms. The zero-order chi connectivity index (χ0) is 12.7. The first kappa shape index (κ1) is 13.9. The summed E-state index contributed by atoms with van der Waals surface area (Å²) in [6.45, 7) is 6.81. The van der Waals surface area contributed by atoms with E-state index in [2.05, 4.69) is 38.2 Å². The van der Waals surface area contributed by atoms with Crippen LogP contribution >= 0.6 is 0 Å². The number of ether oxygens (including phenoxy) is 1. The van der Waals surface area contributed by atoms with Crippen LogP contribution in [0.1, 0.15) is 40.0 Å². The Morgan fingerprint density at radius 2 is 1.76 bits per heavy atom. The van der Waals surface area contributed by atoms with Crippen molar-refractivity contribution in [1.29, 1.82) is 0 Å². The lowest BCUT2D eigenvalue weighted by atomic mass is 9.97. The SMILES string of the molecule is CCC(C)CC(CC)Nc1ccc(OC)cc1. The van der Waals surface area contributed by atoms with E-state index in [0.29, 0.717) is 6.04 Å². The Bertz CT molecular complexity index is 307. The summed E-state index contributed by atoms with van der Waals surface area (Å²) in [7, 11) is 1.69. The van der Waals surface area contributed by atoms with Crippen molar-refractivity contribution in [2.45, 2.75) is 46.1 Å². The Morgan fingerprint density at radius 1 is 1.12 bits per heavy atom. The molecule has 0 amide bonds. The molecule has 0 spiro atoms. The second kappa shape index (κ2) is 7.21. The molecular weight excluding hydrogens is 210 g/mol. The van der Waals surface area contributed by atoms with Gasteiger partial charge in [0.2, 0.25) is 0 Å². The molecule has 0 heterocycles. The predicted octanol–water partition coefficient (Wildman–Crippen LogP) is 4.32. The summed E-state index contributed by atoms with van der Waals surface area (Å²) in [6.07, 6.45) is 3.65. The molecule has 17 heavy (non-hydrogen) atoms. The highest BCUT2D eigenvalue weighted by Crippen LogP contribution is 2.19. The van der Waals surface area contributed by atoms with Crippen LogP contribution in [0.4, 0.5) is 5.69 Å². The second-order valence-electron chi connectivity index (χ2n) is 4.73. The maximum absolute atomic E-state index is 5.15. The minimum absolute atomic E-state index is 0.568. The molecule has 96 valence electrons. The van der Waals surface area contributed by atoms with E-state index >= 15 is 0 Å². The first-order chi connectivity index (χ1) is 8.19. The van der Waals surface area contributed by atoms with Gasteiger partial charge in [0.15, 0.2) is 0 Å². The maximum atomic E-state index is 5.15. The molecule has 0 radical (unpaired) electrons. The lowest BCUT2D eigenvalue weighted by Gasteiger charge is -2.21. The van der Waals surface area contributed by atoms with Gasteiger partial charge < -0.3 is 10.1 Å². The minimum atomic E-state index is 0.568. The summed E-state index contributed by atoms with van der Waals surface area (Å²) in [6, 6.07) is 8.73. The number of hydrogen-bond acceptors (Lipinski definition) is 2. The highest BCUT2D eigenvalue weighted by Gasteiger charge is 2.10. The van der Waals surface area contributed by atoms with Crippen molar-refractivity contribution in [2.24, 2.45) is 5.92 Å². The Hall–Kier alpha value is -1.18. The number of anilines is 1. The summed E-state index contributed by atoms with van der Waals surface area (Å²) in [4.78, 5) is 0. The van der Waals surface area contributed by atoms with E-state index in [4.69, 9.17) is 4.74 Å². The van der Waals surface area contributed by atoms with E-state index < -0.39 is 0 Å². The molecule has 1 N–H and O–H groups in total. The van der Waals surface area contributed by atoms with Gasteiger partial charge in [-0.05, 0) is 43.0 Å². The molecule has 0 fully saturated rings. The molecule has 0 aliphatic heterocycles. The van der Waals surface area contributed by atoms with E-state index in [9.17, 15) is 0 Å². The summed E-state index contributed by atoms with van der Waals surface area (Å²) >= 11 is 0. The number of methoxy groups -OCH3 is 1. The van der Waals surface area contributed by atoms with Gasteiger partial charge in [0.05, 0.1) is 7.11 Å². The van der Waals surface area contributed by atoms with Crippen LogP contribution in [0, 0.1) is 5.92 Å². The Kier molecular flexibility index (Phi) is 5.88. The van der Waals surface area contributed by atoms with Gasteiger partial charge in [-0.15, -0.1) is 0 Å². The summed E-state index contributed by atoms with van der Waals surface area (Å²) in [5.74, 6) is 1.69. The van der Waals surface area contributed by atoms with Gasteiger partial charge in [0.1, 0.15) is 5.75 Å². The van der Waals surface area contributed by atoms with Gasteiger partial charge in [0, 0.05) is 11.7 Å². The van der Waals surface area contributed by atoms with Crippen molar-refractivity contribution < 1.29 is 4.74 Å². The lowest BCUT2D eigenvalue weighted by Crippen LogP contribution is -2.21. The standard InChI is InChI=1S/C15H25NO/c1-5-12(3)11-13(6-2)16-14-7-9-15(17-4)10-8-14/h7-10,12-13,16H,5-6,11H2,1-4H3. The molecule has 1 aromatic rings. The average molecular weight is 235 g/mol. The molecule has 0 saturated heterocycles. The van der Waals surface area contributed by atoms with Crippen molar-refractivity contribution in [2.75, 3.05) is 12.4 Å². The van der Waals surface area contributed by atoms with Crippen LogP contribution in [0.3, 0.4) is 0 Å². The molecule has 0 aliphatic rings. The molecule has 2 atom stereocenters. The molecular formula is C15H25NO. The van der Waals surface area contributed by atoms with Crippen LogP contribution in [0.2, 0.25) is 0 Å².